The highest BCUT2D eigenvalue weighted by molar-refractivity contribution is 5.68. The fourth-order valence-electron chi connectivity index (χ4n) is 5.72. The number of amides is 1. The van der Waals surface area contributed by atoms with Crippen molar-refractivity contribution in [2.24, 2.45) is 17.8 Å². The van der Waals surface area contributed by atoms with Crippen molar-refractivity contribution in [3.8, 4) is 0 Å². The normalized spacial score (nSPS) is 28.1. The second-order valence-electron chi connectivity index (χ2n) is 11.8. The van der Waals surface area contributed by atoms with Crippen LogP contribution in [0.4, 0.5) is 29.7 Å². The van der Waals surface area contributed by atoms with Gasteiger partial charge in [-0.05, 0) is 64.2 Å². The van der Waals surface area contributed by atoms with Gasteiger partial charge in [-0.25, -0.2) is 4.79 Å². The SMILES string of the molecule is CC(C)(C)OC(=O)N1CCC(CN2c3nc(NCC4OCC5CC54)cc(=O)n3CCC2C(F)(F)F)CC1. The van der Waals surface area contributed by atoms with E-state index in [0.29, 0.717) is 44.3 Å². The number of rotatable bonds is 5. The van der Waals surface area contributed by atoms with E-state index in [0.717, 1.165) is 13.0 Å². The molecule has 4 unspecified atom stereocenters. The molecule has 0 radical (unpaired) electrons. The molecule has 0 spiro atoms. The minimum Gasteiger partial charge on any atom is -0.444 e. The van der Waals surface area contributed by atoms with Crippen molar-refractivity contribution in [2.75, 3.05) is 43.0 Å². The molecule has 1 aromatic rings. The van der Waals surface area contributed by atoms with Gasteiger partial charge in [-0.15, -0.1) is 0 Å². The van der Waals surface area contributed by atoms with Crippen molar-refractivity contribution in [1.82, 2.24) is 14.5 Å². The molecule has 0 bridgehead atoms. The maximum absolute atomic E-state index is 14.1. The van der Waals surface area contributed by atoms with E-state index >= 15 is 0 Å². The third-order valence-electron chi connectivity index (χ3n) is 7.81. The zero-order valence-corrected chi connectivity index (χ0v) is 21.6. The van der Waals surface area contributed by atoms with Gasteiger partial charge in [0.2, 0.25) is 5.95 Å². The molecule has 37 heavy (non-hydrogen) atoms. The van der Waals surface area contributed by atoms with Crippen LogP contribution < -0.4 is 15.8 Å². The van der Waals surface area contributed by atoms with Crippen LogP contribution in [-0.2, 0) is 16.0 Å². The number of carbonyl (C=O) groups excluding carboxylic acids is 1. The van der Waals surface area contributed by atoms with Gasteiger partial charge in [0.15, 0.2) is 0 Å². The van der Waals surface area contributed by atoms with Crippen LogP contribution >= 0.6 is 0 Å². The molecule has 1 saturated carbocycles. The fraction of sp³-hybridized carbons (Fsp3) is 0.800. The number of aromatic nitrogens is 2. The lowest BCUT2D eigenvalue weighted by molar-refractivity contribution is -0.153. The quantitative estimate of drug-likeness (QED) is 0.627. The molecule has 4 atom stereocenters. The molecule has 4 aliphatic rings. The van der Waals surface area contributed by atoms with Crippen LogP contribution in [0.1, 0.15) is 46.5 Å². The smallest absolute Gasteiger partial charge is 0.410 e. The van der Waals surface area contributed by atoms with Gasteiger partial charge in [-0.2, -0.15) is 18.2 Å². The average molecular weight is 528 g/mol. The summed E-state index contributed by atoms with van der Waals surface area (Å²) in [5.74, 6) is 1.37. The van der Waals surface area contributed by atoms with E-state index in [1.54, 1.807) is 25.7 Å². The number of nitrogens with zero attached hydrogens (tertiary/aromatic N) is 4. The number of piperidine rings is 1. The summed E-state index contributed by atoms with van der Waals surface area (Å²) in [5.41, 5.74) is -0.977. The Hall–Kier alpha value is -2.50. The first-order chi connectivity index (χ1) is 17.4. The van der Waals surface area contributed by atoms with Crippen LogP contribution in [-0.4, -0.2) is 77.3 Å². The summed E-state index contributed by atoms with van der Waals surface area (Å²) < 4.78 is 54.8. The Morgan fingerprint density at radius 1 is 1.19 bits per heavy atom. The number of carbonyl (C=O) groups is 1. The zero-order valence-electron chi connectivity index (χ0n) is 21.6. The second kappa shape index (κ2) is 9.67. The number of hydrogen-bond donors (Lipinski definition) is 1. The van der Waals surface area contributed by atoms with Crippen LogP contribution in [0, 0.1) is 17.8 Å². The van der Waals surface area contributed by atoms with E-state index in [2.05, 4.69) is 10.3 Å². The first-order valence-electron chi connectivity index (χ1n) is 13.2. The molecule has 4 heterocycles. The fourth-order valence-corrected chi connectivity index (χ4v) is 5.72. The lowest BCUT2D eigenvalue weighted by Crippen LogP contribution is -2.54. The largest absolute Gasteiger partial charge is 0.444 e. The minimum atomic E-state index is -4.46. The first kappa shape index (κ1) is 26.1. The number of anilines is 2. The number of alkyl halides is 3. The molecular weight excluding hydrogens is 491 g/mol. The van der Waals surface area contributed by atoms with Crippen molar-refractivity contribution in [1.29, 1.82) is 0 Å². The van der Waals surface area contributed by atoms with E-state index in [1.807, 2.05) is 0 Å². The molecule has 1 N–H and O–H groups in total. The van der Waals surface area contributed by atoms with Gasteiger partial charge < -0.3 is 24.6 Å². The van der Waals surface area contributed by atoms with Crippen LogP contribution in [0.15, 0.2) is 10.9 Å². The summed E-state index contributed by atoms with van der Waals surface area (Å²) in [6.45, 7) is 7.50. The molecule has 5 rings (SSSR count). The molecule has 9 nitrogen and oxygen atoms in total. The average Bonchev–Trinajstić information content (AvgIpc) is 3.48. The molecule has 12 heteroatoms. The van der Waals surface area contributed by atoms with Gasteiger partial charge in [0.25, 0.3) is 5.56 Å². The number of hydrogen-bond acceptors (Lipinski definition) is 7. The van der Waals surface area contributed by atoms with Crippen LogP contribution in [0.25, 0.3) is 0 Å². The highest BCUT2D eigenvalue weighted by atomic mass is 19.4. The molecule has 3 aliphatic heterocycles. The molecule has 1 aromatic heterocycles. The molecule has 206 valence electrons. The van der Waals surface area contributed by atoms with Gasteiger partial charge in [-0.1, -0.05) is 0 Å². The van der Waals surface area contributed by atoms with Crippen molar-refractivity contribution in [3.63, 3.8) is 0 Å². The Morgan fingerprint density at radius 3 is 2.51 bits per heavy atom. The molecule has 0 aromatic carbocycles. The van der Waals surface area contributed by atoms with Gasteiger partial charge in [0.1, 0.15) is 17.5 Å². The van der Waals surface area contributed by atoms with Crippen LogP contribution in [0.3, 0.4) is 0 Å². The molecule has 3 fully saturated rings. The van der Waals surface area contributed by atoms with Crippen molar-refractivity contribution in [2.45, 2.75) is 76.9 Å². The van der Waals surface area contributed by atoms with E-state index < -0.39 is 23.9 Å². The predicted octanol–water partition coefficient (Wildman–Crippen LogP) is 3.48. The third-order valence-corrected chi connectivity index (χ3v) is 7.81. The maximum atomic E-state index is 14.1. The summed E-state index contributed by atoms with van der Waals surface area (Å²) in [7, 11) is 0. The Balaban J connectivity index is 1.30. The van der Waals surface area contributed by atoms with Gasteiger partial charge in [0.05, 0.1) is 12.7 Å². The van der Waals surface area contributed by atoms with Crippen LogP contribution in [0.2, 0.25) is 0 Å². The second-order valence-corrected chi connectivity index (χ2v) is 11.8. The third kappa shape index (κ3) is 5.83. The maximum Gasteiger partial charge on any atom is 0.410 e. The van der Waals surface area contributed by atoms with E-state index in [-0.39, 0.29) is 48.9 Å². The Morgan fingerprint density at radius 2 is 1.92 bits per heavy atom. The van der Waals surface area contributed by atoms with Crippen molar-refractivity contribution >= 4 is 17.9 Å². The Kier molecular flexibility index (Phi) is 6.82. The lowest BCUT2D eigenvalue weighted by Gasteiger charge is -2.42. The Bertz CT molecular complexity index is 1060. The number of halogens is 3. The van der Waals surface area contributed by atoms with Gasteiger partial charge in [-0.3, -0.25) is 9.36 Å². The monoisotopic (exact) mass is 527 g/mol. The van der Waals surface area contributed by atoms with Gasteiger partial charge >= 0.3 is 12.3 Å². The summed E-state index contributed by atoms with van der Waals surface area (Å²) in [6, 6.07) is -0.363. The molecule has 1 aliphatic carbocycles. The van der Waals surface area contributed by atoms with Crippen LogP contribution in [0.5, 0.6) is 0 Å². The van der Waals surface area contributed by atoms with Crippen molar-refractivity contribution < 1.29 is 27.4 Å². The number of ether oxygens (including phenoxy) is 2. The van der Waals surface area contributed by atoms with Crippen molar-refractivity contribution in [3.05, 3.63) is 16.4 Å². The zero-order chi connectivity index (χ0) is 26.5. The number of likely N-dealkylation sites (tertiary alicyclic amines) is 1. The summed E-state index contributed by atoms with van der Waals surface area (Å²) in [6.07, 6.45) is -2.80. The summed E-state index contributed by atoms with van der Waals surface area (Å²) in [5, 5.41) is 3.13. The highest BCUT2D eigenvalue weighted by Gasteiger charge is 2.49. The lowest BCUT2D eigenvalue weighted by atomic mass is 9.95. The van der Waals surface area contributed by atoms with E-state index in [4.69, 9.17) is 9.47 Å². The Labute approximate surface area is 214 Å². The first-order valence-corrected chi connectivity index (χ1v) is 13.2. The summed E-state index contributed by atoms with van der Waals surface area (Å²) in [4.78, 5) is 32.6. The standard InChI is InChI=1S/C25H36F3N5O4/c1-24(2,3)37-23(35)31-7-4-15(5-8-31)13-33-19(25(26,27)28)6-9-32-21(34)11-20(30-22(32)33)29-12-18-17-10-16(17)14-36-18/h11,15-19,29H,4-10,12-14H2,1-3H3. The number of nitrogens with one attached hydrogen (secondary N) is 1. The molecular formula is C25H36F3N5O4. The van der Waals surface area contributed by atoms with E-state index in [9.17, 15) is 22.8 Å². The highest BCUT2D eigenvalue weighted by Crippen LogP contribution is 2.48. The molecule has 1 amide bonds. The summed E-state index contributed by atoms with van der Waals surface area (Å²) >= 11 is 0. The topological polar surface area (TPSA) is 88.9 Å². The predicted molar refractivity (Wildman–Crippen MR) is 131 cm³/mol. The molecule has 2 saturated heterocycles. The van der Waals surface area contributed by atoms with Gasteiger partial charge in [0, 0.05) is 38.8 Å². The van der Waals surface area contributed by atoms with E-state index in [1.165, 1.54) is 15.5 Å². The number of fused-ring (bicyclic) bond motifs is 2. The minimum absolute atomic E-state index is 0.0330.